The molecule has 2 aromatic rings. The summed E-state index contributed by atoms with van der Waals surface area (Å²) in [6.45, 7) is 3.82. The molecule has 0 amide bonds. The largest absolute Gasteiger partial charge is 0.437 e. The van der Waals surface area contributed by atoms with Crippen molar-refractivity contribution in [1.29, 1.82) is 0 Å². The van der Waals surface area contributed by atoms with Crippen molar-refractivity contribution in [3.05, 3.63) is 40.5 Å². The summed E-state index contributed by atoms with van der Waals surface area (Å²) >= 11 is 5.92. The minimum absolute atomic E-state index is 0.409. The van der Waals surface area contributed by atoms with Crippen LogP contribution < -0.4 is 9.64 Å². The van der Waals surface area contributed by atoms with Gasteiger partial charge in [0.2, 0.25) is 5.88 Å². The first kappa shape index (κ1) is 13.6. The number of nitrogens with zero attached hydrogens (tertiary/aromatic N) is 3. The summed E-state index contributed by atoms with van der Waals surface area (Å²) in [4.78, 5) is 2.01. The third-order valence-electron chi connectivity index (χ3n) is 2.97. The maximum Gasteiger partial charge on any atom is 0.242 e. The Morgan fingerprint density at radius 2 is 1.84 bits per heavy atom. The van der Waals surface area contributed by atoms with Crippen LogP contribution in [-0.2, 0) is 0 Å². The van der Waals surface area contributed by atoms with Crippen molar-refractivity contribution in [2.24, 2.45) is 0 Å². The van der Waals surface area contributed by atoms with Crippen LogP contribution in [0.15, 0.2) is 24.3 Å². The Morgan fingerprint density at radius 1 is 1.11 bits per heavy atom. The highest BCUT2D eigenvalue weighted by Crippen LogP contribution is 2.28. The predicted molar refractivity (Wildman–Crippen MR) is 77.4 cm³/mol. The Labute approximate surface area is 118 Å². The number of aromatic nitrogens is 2. The predicted octanol–water partition coefficient (Wildman–Crippen LogP) is 3.61. The van der Waals surface area contributed by atoms with E-state index in [4.69, 9.17) is 16.3 Å². The van der Waals surface area contributed by atoms with Gasteiger partial charge in [-0.15, -0.1) is 10.2 Å². The van der Waals surface area contributed by atoms with Crippen LogP contribution in [0.25, 0.3) is 0 Å². The van der Waals surface area contributed by atoms with Crippen LogP contribution in [0.3, 0.4) is 0 Å². The first-order valence-electron chi connectivity index (χ1n) is 5.93. The standard InChI is InChI=1S/C14H16ClN3O/c1-9-10(2)14(17-16-13(9)15)19-12-7-5-6-11(8-12)18(3)4/h5-8H,1-4H3. The van der Waals surface area contributed by atoms with E-state index in [1.165, 1.54) is 0 Å². The van der Waals surface area contributed by atoms with Crippen molar-refractivity contribution in [2.45, 2.75) is 13.8 Å². The van der Waals surface area contributed by atoms with E-state index < -0.39 is 0 Å². The highest BCUT2D eigenvalue weighted by molar-refractivity contribution is 6.30. The maximum absolute atomic E-state index is 5.92. The number of anilines is 1. The molecule has 0 aliphatic carbocycles. The zero-order chi connectivity index (χ0) is 14.0. The van der Waals surface area contributed by atoms with Gasteiger partial charge in [-0.25, -0.2) is 0 Å². The number of ether oxygens (including phenoxy) is 1. The maximum atomic E-state index is 5.92. The molecule has 0 aliphatic heterocycles. The molecule has 0 atom stereocenters. The van der Waals surface area contributed by atoms with Crippen molar-refractivity contribution < 1.29 is 4.74 Å². The Bertz CT molecular complexity index is 599. The summed E-state index contributed by atoms with van der Waals surface area (Å²) in [6.07, 6.45) is 0. The van der Waals surface area contributed by atoms with Crippen LogP contribution in [0.4, 0.5) is 5.69 Å². The highest BCUT2D eigenvalue weighted by atomic mass is 35.5. The molecule has 0 unspecified atom stereocenters. The van der Waals surface area contributed by atoms with Gasteiger partial charge < -0.3 is 9.64 Å². The van der Waals surface area contributed by atoms with E-state index in [1.54, 1.807) is 0 Å². The lowest BCUT2D eigenvalue weighted by Crippen LogP contribution is -2.08. The summed E-state index contributed by atoms with van der Waals surface area (Å²) in [5, 5.41) is 8.27. The Hall–Kier alpha value is -1.81. The monoisotopic (exact) mass is 277 g/mol. The van der Waals surface area contributed by atoms with Gasteiger partial charge in [0.15, 0.2) is 5.15 Å². The number of rotatable bonds is 3. The van der Waals surface area contributed by atoms with Gasteiger partial charge in [0.1, 0.15) is 5.75 Å². The lowest BCUT2D eigenvalue weighted by molar-refractivity contribution is 0.450. The molecule has 100 valence electrons. The Kier molecular flexibility index (Phi) is 3.90. The van der Waals surface area contributed by atoms with Crippen molar-refractivity contribution >= 4 is 17.3 Å². The minimum Gasteiger partial charge on any atom is -0.437 e. The second kappa shape index (κ2) is 5.45. The smallest absolute Gasteiger partial charge is 0.242 e. The SMILES string of the molecule is Cc1c(Cl)nnc(Oc2cccc(N(C)C)c2)c1C. The van der Waals surface area contributed by atoms with Gasteiger partial charge in [-0.2, -0.15) is 0 Å². The topological polar surface area (TPSA) is 38.3 Å². The fourth-order valence-electron chi connectivity index (χ4n) is 1.59. The first-order chi connectivity index (χ1) is 8.99. The van der Waals surface area contributed by atoms with Crippen molar-refractivity contribution in [3.8, 4) is 11.6 Å². The van der Waals surface area contributed by atoms with Crippen molar-refractivity contribution in [2.75, 3.05) is 19.0 Å². The van der Waals surface area contributed by atoms with Gasteiger partial charge in [-0.05, 0) is 31.5 Å². The lowest BCUT2D eigenvalue weighted by atomic mass is 10.2. The van der Waals surface area contributed by atoms with Crippen molar-refractivity contribution in [3.63, 3.8) is 0 Å². The summed E-state index contributed by atoms with van der Waals surface area (Å²) in [5.41, 5.74) is 2.85. The second-order valence-electron chi connectivity index (χ2n) is 4.54. The van der Waals surface area contributed by atoms with E-state index in [0.717, 1.165) is 22.6 Å². The molecule has 0 aliphatic rings. The zero-order valence-corrected chi connectivity index (χ0v) is 12.2. The van der Waals surface area contributed by atoms with E-state index in [9.17, 15) is 0 Å². The zero-order valence-electron chi connectivity index (χ0n) is 11.4. The highest BCUT2D eigenvalue weighted by Gasteiger charge is 2.10. The molecule has 0 fully saturated rings. The van der Waals surface area contributed by atoms with Crippen LogP contribution in [0.5, 0.6) is 11.6 Å². The van der Waals surface area contributed by atoms with E-state index in [2.05, 4.69) is 10.2 Å². The fourth-order valence-corrected chi connectivity index (χ4v) is 1.77. The van der Waals surface area contributed by atoms with Gasteiger partial charge in [-0.1, -0.05) is 17.7 Å². The first-order valence-corrected chi connectivity index (χ1v) is 6.31. The van der Waals surface area contributed by atoms with Gasteiger partial charge in [0.25, 0.3) is 0 Å². The molecule has 2 rings (SSSR count). The minimum atomic E-state index is 0.409. The molecular weight excluding hydrogens is 262 g/mol. The number of halogens is 1. The van der Waals surface area contributed by atoms with E-state index in [1.807, 2.05) is 57.1 Å². The Morgan fingerprint density at radius 3 is 2.53 bits per heavy atom. The molecule has 4 nitrogen and oxygen atoms in total. The average Bonchev–Trinajstić information content (AvgIpc) is 2.40. The number of benzene rings is 1. The average molecular weight is 278 g/mol. The second-order valence-corrected chi connectivity index (χ2v) is 4.90. The Balaban J connectivity index is 2.31. The lowest BCUT2D eigenvalue weighted by Gasteiger charge is -2.14. The van der Waals surface area contributed by atoms with Crippen molar-refractivity contribution in [1.82, 2.24) is 10.2 Å². The summed E-state index contributed by atoms with van der Waals surface area (Å²) in [6, 6.07) is 7.79. The number of hydrogen-bond acceptors (Lipinski definition) is 4. The van der Waals surface area contributed by atoms with Crippen LogP contribution in [0.2, 0.25) is 5.15 Å². The van der Waals surface area contributed by atoms with E-state index in [-0.39, 0.29) is 0 Å². The summed E-state index contributed by atoms with van der Waals surface area (Å²) in [5.74, 6) is 1.21. The molecule has 0 bridgehead atoms. The normalized spacial score (nSPS) is 10.4. The van der Waals surface area contributed by atoms with Crippen LogP contribution in [0, 0.1) is 13.8 Å². The molecule has 0 N–H and O–H groups in total. The molecule has 0 radical (unpaired) electrons. The summed E-state index contributed by atoms with van der Waals surface area (Å²) < 4.78 is 5.78. The molecular formula is C14H16ClN3O. The molecule has 0 spiro atoms. The third kappa shape index (κ3) is 2.96. The van der Waals surface area contributed by atoms with E-state index >= 15 is 0 Å². The van der Waals surface area contributed by atoms with Crippen LogP contribution in [-0.4, -0.2) is 24.3 Å². The van der Waals surface area contributed by atoms with Gasteiger partial charge >= 0.3 is 0 Å². The van der Waals surface area contributed by atoms with Crippen LogP contribution in [0.1, 0.15) is 11.1 Å². The van der Waals surface area contributed by atoms with Gasteiger partial charge in [-0.3, -0.25) is 0 Å². The third-order valence-corrected chi connectivity index (χ3v) is 3.33. The quantitative estimate of drug-likeness (QED) is 0.859. The van der Waals surface area contributed by atoms with Crippen LogP contribution >= 0.6 is 11.6 Å². The molecule has 1 heterocycles. The molecule has 19 heavy (non-hydrogen) atoms. The number of hydrogen-bond donors (Lipinski definition) is 0. The van der Waals surface area contributed by atoms with Gasteiger partial charge in [0.05, 0.1) is 0 Å². The summed E-state index contributed by atoms with van der Waals surface area (Å²) in [7, 11) is 3.97. The molecule has 5 heteroatoms. The van der Waals surface area contributed by atoms with Gasteiger partial charge in [0, 0.05) is 31.4 Å². The molecule has 1 aromatic heterocycles. The van der Waals surface area contributed by atoms with E-state index in [0.29, 0.717) is 11.0 Å². The fraction of sp³-hybridized carbons (Fsp3) is 0.286. The molecule has 0 saturated heterocycles. The molecule has 1 aromatic carbocycles. The molecule has 0 saturated carbocycles.